The zero-order valence-electron chi connectivity index (χ0n) is 15.8. The summed E-state index contributed by atoms with van der Waals surface area (Å²) in [6.07, 6.45) is 0. The molecule has 0 bridgehead atoms. The Morgan fingerprint density at radius 3 is 2.41 bits per heavy atom. The molecular weight excluding hydrogens is 414 g/mol. The van der Waals surface area contributed by atoms with E-state index in [0.717, 1.165) is 5.56 Å². The van der Waals surface area contributed by atoms with E-state index < -0.39 is 4.92 Å². The first-order chi connectivity index (χ1) is 13.9. The molecule has 0 aliphatic carbocycles. The number of non-ortho nitro benzene ring substituents is 1. The Balaban J connectivity index is 1.69. The molecule has 0 spiro atoms. The zero-order valence-corrected chi connectivity index (χ0v) is 17.4. The van der Waals surface area contributed by atoms with Gasteiger partial charge in [-0.1, -0.05) is 23.4 Å². The molecule has 1 aromatic heterocycles. The van der Waals surface area contributed by atoms with Crippen LogP contribution in [0.5, 0.6) is 0 Å². The minimum atomic E-state index is -0.475. The molecule has 3 aromatic rings. The lowest BCUT2D eigenvalue weighted by Gasteiger charge is -2.17. The highest BCUT2D eigenvalue weighted by Gasteiger charge is 2.17. The number of hydrogen-bond acceptors (Lipinski definition) is 6. The van der Waals surface area contributed by atoms with Crippen molar-refractivity contribution in [2.75, 3.05) is 17.7 Å². The number of nitro benzene ring substituents is 1. The van der Waals surface area contributed by atoms with E-state index in [2.05, 4.69) is 10.2 Å². The first kappa shape index (κ1) is 20.8. The molecule has 8 nitrogen and oxygen atoms in total. The van der Waals surface area contributed by atoms with Crippen molar-refractivity contribution in [1.29, 1.82) is 0 Å². The maximum Gasteiger partial charge on any atom is 0.269 e. The molecule has 0 saturated carbocycles. The molecule has 150 valence electrons. The largest absolute Gasteiger partial charge is 0.315 e. The Morgan fingerprint density at radius 1 is 1.17 bits per heavy atom. The second-order valence-corrected chi connectivity index (χ2v) is 7.45. The van der Waals surface area contributed by atoms with Crippen LogP contribution in [0.2, 0.25) is 5.02 Å². The number of aromatic nitrogens is 3. The monoisotopic (exact) mass is 431 g/mol. The molecule has 29 heavy (non-hydrogen) atoms. The van der Waals surface area contributed by atoms with Gasteiger partial charge >= 0.3 is 0 Å². The molecule has 10 heteroatoms. The molecule has 1 heterocycles. The number of nitrogens with zero attached hydrogens (tertiary/aromatic N) is 5. The molecule has 2 aromatic carbocycles. The summed E-state index contributed by atoms with van der Waals surface area (Å²) < 4.78 is 1.94. The Labute approximate surface area is 176 Å². The van der Waals surface area contributed by atoms with Gasteiger partial charge in [0.1, 0.15) is 0 Å². The Hall–Kier alpha value is -2.91. The molecule has 3 rings (SSSR count). The van der Waals surface area contributed by atoms with Crippen molar-refractivity contribution in [3.63, 3.8) is 0 Å². The average molecular weight is 432 g/mol. The minimum Gasteiger partial charge on any atom is -0.315 e. The van der Waals surface area contributed by atoms with Crippen molar-refractivity contribution >= 4 is 40.6 Å². The summed E-state index contributed by atoms with van der Waals surface area (Å²) in [5, 5.41) is 20.5. The fourth-order valence-corrected chi connectivity index (χ4v) is 3.70. The summed E-state index contributed by atoms with van der Waals surface area (Å²) in [4.78, 5) is 24.3. The van der Waals surface area contributed by atoms with Crippen molar-refractivity contribution < 1.29 is 9.72 Å². The fraction of sp³-hybridized carbons (Fsp3) is 0.211. The molecule has 0 N–H and O–H groups in total. The average Bonchev–Trinajstić information content (AvgIpc) is 3.15. The summed E-state index contributed by atoms with van der Waals surface area (Å²) in [6, 6.07) is 13.2. The van der Waals surface area contributed by atoms with Crippen molar-refractivity contribution in [3.8, 4) is 11.4 Å². The molecule has 0 aliphatic rings. The predicted octanol–water partition coefficient (Wildman–Crippen LogP) is 4.28. The minimum absolute atomic E-state index is 0.0187. The Bertz CT molecular complexity index is 1020. The second kappa shape index (κ2) is 9.06. The van der Waals surface area contributed by atoms with Crippen molar-refractivity contribution in [1.82, 2.24) is 14.8 Å². The van der Waals surface area contributed by atoms with Crippen molar-refractivity contribution in [2.24, 2.45) is 0 Å². The van der Waals surface area contributed by atoms with E-state index >= 15 is 0 Å². The van der Waals surface area contributed by atoms with Crippen LogP contribution < -0.4 is 4.90 Å². The highest BCUT2D eigenvalue weighted by molar-refractivity contribution is 7.99. The third kappa shape index (κ3) is 4.75. The van der Waals surface area contributed by atoms with Gasteiger partial charge in [-0.15, -0.1) is 10.2 Å². The number of hydrogen-bond donors (Lipinski definition) is 0. The van der Waals surface area contributed by atoms with Crippen LogP contribution in [0.15, 0.2) is 53.7 Å². The quantitative estimate of drug-likeness (QED) is 0.315. The first-order valence-corrected chi connectivity index (χ1v) is 10.1. The van der Waals surface area contributed by atoms with Gasteiger partial charge in [-0.25, -0.2) is 0 Å². The van der Waals surface area contributed by atoms with Crippen LogP contribution in [-0.4, -0.2) is 38.4 Å². The molecule has 1 amide bonds. The molecule has 0 atom stereocenters. The lowest BCUT2D eigenvalue weighted by atomic mass is 10.2. The third-order valence-electron chi connectivity index (χ3n) is 4.28. The van der Waals surface area contributed by atoms with Gasteiger partial charge < -0.3 is 9.47 Å². The fourth-order valence-electron chi connectivity index (χ4n) is 2.66. The van der Waals surface area contributed by atoms with Crippen LogP contribution in [0.4, 0.5) is 11.4 Å². The van der Waals surface area contributed by atoms with Crippen LogP contribution in [-0.2, 0) is 11.3 Å². The van der Waals surface area contributed by atoms with E-state index in [4.69, 9.17) is 11.6 Å². The van der Waals surface area contributed by atoms with E-state index in [1.54, 1.807) is 31.3 Å². The maximum atomic E-state index is 12.5. The summed E-state index contributed by atoms with van der Waals surface area (Å²) in [5.41, 5.74) is 1.46. The van der Waals surface area contributed by atoms with E-state index in [-0.39, 0.29) is 17.3 Å². The smallest absolute Gasteiger partial charge is 0.269 e. The second-order valence-electron chi connectivity index (χ2n) is 6.07. The highest BCUT2D eigenvalue weighted by Crippen LogP contribution is 2.26. The summed E-state index contributed by atoms with van der Waals surface area (Å²) in [6.45, 7) is 2.64. The number of rotatable bonds is 7. The molecule has 0 unspecified atom stereocenters. The highest BCUT2D eigenvalue weighted by atomic mass is 35.5. The van der Waals surface area contributed by atoms with Gasteiger partial charge in [0.15, 0.2) is 11.0 Å². The summed E-state index contributed by atoms with van der Waals surface area (Å²) in [7, 11) is 1.63. The van der Waals surface area contributed by atoms with Crippen LogP contribution in [0.25, 0.3) is 11.4 Å². The van der Waals surface area contributed by atoms with Crippen LogP contribution in [0.1, 0.15) is 6.92 Å². The maximum absolute atomic E-state index is 12.5. The Kier molecular flexibility index (Phi) is 6.50. The number of thioether (sulfide) groups is 1. The van der Waals surface area contributed by atoms with Gasteiger partial charge in [-0.3, -0.25) is 14.9 Å². The molecular formula is C19H18ClN5O3S. The number of amides is 1. The number of nitro groups is 1. The predicted molar refractivity (Wildman–Crippen MR) is 113 cm³/mol. The van der Waals surface area contributed by atoms with E-state index in [1.165, 1.54) is 28.8 Å². The van der Waals surface area contributed by atoms with Gasteiger partial charge in [0.05, 0.1) is 10.7 Å². The van der Waals surface area contributed by atoms with Crippen LogP contribution in [0.3, 0.4) is 0 Å². The summed E-state index contributed by atoms with van der Waals surface area (Å²) >= 11 is 7.24. The number of anilines is 1. The number of carbonyl (C=O) groups excluding carboxylic acids is 1. The van der Waals surface area contributed by atoms with Gasteiger partial charge in [-0.2, -0.15) is 0 Å². The SMILES string of the molecule is CCn1c(SCC(=O)N(C)c2ccc([N+](=O)[O-])cc2)nnc1-c1ccc(Cl)cc1. The third-order valence-corrected chi connectivity index (χ3v) is 5.49. The molecule has 0 radical (unpaired) electrons. The Morgan fingerprint density at radius 2 is 1.83 bits per heavy atom. The molecule has 0 aliphatic heterocycles. The topological polar surface area (TPSA) is 94.2 Å². The van der Waals surface area contributed by atoms with Crippen LogP contribution in [0, 0.1) is 10.1 Å². The van der Waals surface area contributed by atoms with Gasteiger partial charge in [0, 0.05) is 42.0 Å². The standard InChI is InChI=1S/C19H18ClN5O3S/c1-3-24-18(13-4-6-14(20)7-5-13)21-22-19(24)29-12-17(26)23(2)15-8-10-16(11-9-15)25(27)28/h4-11H,3,12H2,1-2H3. The number of halogens is 1. The first-order valence-electron chi connectivity index (χ1n) is 8.73. The van der Waals surface area contributed by atoms with Gasteiger partial charge in [0.2, 0.25) is 5.91 Å². The van der Waals surface area contributed by atoms with E-state index in [0.29, 0.717) is 28.2 Å². The summed E-state index contributed by atoms with van der Waals surface area (Å²) in [5.74, 6) is 0.720. The van der Waals surface area contributed by atoms with Gasteiger partial charge in [-0.05, 0) is 43.3 Å². The van der Waals surface area contributed by atoms with E-state index in [9.17, 15) is 14.9 Å². The van der Waals surface area contributed by atoms with Crippen molar-refractivity contribution in [3.05, 3.63) is 63.7 Å². The molecule has 0 saturated heterocycles. The van der Waals surface area contributed by atoms with E-state index in [1.807, 2.05) is 23.6 Å². The van der Waals surface area contributed by atoms with Gasteiger partial charge in [0.25, 0.3) is 5.69 Å². The number of carbonyl (C=O) groups is 1. The zero-order chi connectivity index (χ0) is 21.0. The number of benzene rings is 2. The molecule has 0 fully saturated rings. The lowest BCUT2D eigenvalue weighted by Crippen LogP contribution is -2.28. The van der Waals surface area contributed by atoms with Crippen LogP contribution >= 0.6 is 23.4 Å². The van der Waals surface area contributed by atoms with Crippen molar-refractivity contribution in [2.45, 2.75) is 18.6 Å². The normalized spacial score (nSPS) is 10.7. The lowest BCUT2D eigenvalue weighted by molar-refractivity contribution is -0.384.